The Bertz CT molecular complexity index is 153. The minimum Gasteiger partial charge on any atom is -0.432 e. The van der Waals surface area contributed by atoms with Crippen molar-refractivity contribution in [2.75, 3.05) is 14.2 Å². The van der Waals surface area contributed by atoms with Crippen LogP contribution in [0.3, 0.4) is 0 Å². The van der Waals surface area contributed by atoms with Gasteiger partial charge in [0.15, 0.2) is 0 Å². The third-order valence-electron chi connectivity index (χ3n) is 0.689. The van der Waals surface area contributed by atoms with E-state index in [1.54, 1.807) is 0 Å². The minimum absolute atomic E-state index is 1.38. The molecule has 0 fully saturated rings. The topological polar surface area (TPSA) is 27.7 Å². The lowest BCUT2D eigenvalue weighted by Gasteiger charge is -2.14. The molecule has 0 saturated heterocycles. The van der Waals surface area contributed by atoms with Crippen LogP contribution in [0.25, 0.3) is 0 Å². The summed E-state index contributed by atoms with van der Waals surface area (Å²) < 4.78 is 14.5. The van der Waals surface area contributed by atoms with Gasteiger partial charge in [-0.05, 0) is 0 Å². The van der Waals surface area contributed by atoms with Crippen molar-refractivity contribution in [3.05, 3.63) is 11.2 Å². The zero-order valence-electron chi connectivity index (χ0n) is 5.61. The molecule has 0 rings (SSSR count). The highest BCUT2D eigenvalue weighted by Crippen LogP contribution is 2.48. The Hall–Kier alpha value is 0.590. The second-order valence-electron chi connectivity index (χ2n) is 1.18. The smallest absolute Gasteiger partial charge is 0.379 e. The molecular formula is C4H8BrO3PS. The van der Waals surface area contributed by atoms with Gasteiger partial charge in [-0.25, -0.2) is 0 Å². The van der Waals surface area contributed by atoms with Gasteiger partial charge >= 0.3 is 6.72 Å². The Morgan fingerprint density at radius 3 is 2.20 bits per heavy atom. The summed E-state index contributed by atoms with van der Waals surface area (Å²) in [6.07, 6.45) is 1.38. The fourth-order valence-electron chi connectivity index (χ4n) is 0.258. The van der Waals surface area contributed by atoms with Gasteiger partial charge in [-0.15, -0.1) is 0 Å². The zero-order chi connectivity index (χ0) is 8.04. The van der Waals surface area contributed by atoms with E-state index >= 15 is 0 Å². The lowest BCUT2D eigenvalue weighted by atomic mass is 11.2. The second kappa shape index (κ2) is 5.27. The highest BCUT2D eigenvalue weighted by molar-refractivity contribution is 9.11. The van der Waals surface area contributed by atoms with Gasteiger partial charge in [-0.2, -0.15) is 0 Å². The van der Waals surface area contributed by atoms with Gasteiger partial charge in [0.1, 0.15) is 0 Å². The molecule has 0 spiro atoms. The number of hydrogen-bond donors (Lipinski definition) is 0. The molecule has 10 heavy (non-hydrogen) atoms. The van der Waals surface area contributed by atoms with Crippen molar-refractivity contribution < 1.29 is 13.6 Å². The van der Waals surface area contributed by atoms with Gasteiger partial charge in [0, 0.05) is 31.0 Å². The molecule has 6 heteroatoms. The van der Waals surface area contributed by atoms with Gasteiger partial charge in [0.05, 0.1) is 6.26 Å². The van der Waals surface area contributed by atoms with E-state index in [1.165, 1.54) is 25.5 Å². The Labute approximate surface area is 73.7 Å². The molecule has 0 bridgehead atoms. The molecule has 0 heterocycles. The molecule has 0 saturated carbocycles. The summed E-state index contributed by atoms with van der Waals surface area (Å²) in [5.41, 5.74) is 0. The van der Waals surface area contributed by atoms with Gasteiger partial charge in [0.25, 0.3) is 0 Å². The van der Waals surface area contributed by atoms with Crippen molar-refractivity contribution in [1.82, 2.24) is 0 Å². The van der Waals surface area contributed by atoms with Crippen molar-refractivity contribution in [3.8, 4) is 0 Å². The van der Waals surface area contributed by atoms with Crippen molar-refractivity contribution in [3.63, 3.8) is 0 Å². The van der Waals surface area contributed by atoms with E-state index in [4.69, 9.17) is 25.4 Å². The van der Waals surface area contributed by atoms with Crippen molar-refractivity contribution >= 4 is 34.5 Å². The molecule has 0 atom stereocenters. The fraction of sp³-hybridized carbons (Fsp3) is 0.500. The Balaban J connectivity index is 3.94. The molecule has 0 radical (unpaired) electrons. The molecule has 0 unspecified atom stereocenters. The first-order valence-corrected chi connectivity index (χ1v) is 5.81. The van der Waals surface area contributed by atoms with Crippen LogP contribution < -0.4 is 0 Å². The largest absolute Gasteiger partial charge is 0.432 e. The third kappa shape index (κ3) is 3.68. The van der Waals surface area contributed by atoms with Crippen LogP contribution in [0.1, 0.15) is 0 Å². The first-order valence-electron chi connectivity index (χ1n) is 2.33. The molecular weight excluding hydrogens is 239 g/mol. The molecule has 0 aliphatic heterocycles. The minimum atomic E-state index is -2.48. The van der Waals surface area contributed by atoms with Crippen molar-refractivity contribution in [2.45, 2.75) is 0 Å². The van der Waals surface area contributed by atoms with Crippen molar-refractivity contribution in [2.24, 2.45) is 0 Å². The quantitative estimate of drug-likeness (QED) is 0.563. The Morgan fingerprint density at radius 2 is 1.90 bits per heavy atom. The van der Waals surface area contributed by atoms with Crippen LogP contribution in [0.15, 0.2) is 11.2 Å². The SMILES string of the molecule is COP(=S)(OC)OC=CBr. The van der Waals surface area contributed by atoms with Gasteiger partial charge in [0.2, 0.25) is 0 Å². The molecule has 0 aromatic heterocycles. The Kier molecular flexibility index (Phi) is 5.58. The molecule has 0 N–H and O–H groups in total. The summed E-state index contributed by atoms with van der Waals surface area (Å²) in [5.74, 6) is 0. The summed E-state index contributed by atoms with van der Waals surface area (Å²) in [7, 11) is 2.90. The predicted octanol–water partition coefficient (Wildman–Crippen LogP) is 2.39. The van der Waals surface area contributed by atoms with E-state index in [1.807, 2.05) is 0 Å². The summed E-state index contributed by atoms with van der Waals surface area (Å²) in [5, 5.41) is 0. The lowest BCUT2D eigenvalue weighted by molar-refractivity contribution is 0.254. The average Bonchev–Trinajstić information content (AvgIpc) is 2.00. The highest BCUT2D eigenvalue weighted by Gasteiger charge is 2.14. The third-order valence-corrected chi connectivity index (χ3v) is 3.33. The van der Waals surface area contributed by atoms with Crippen LogP contribution in [-0.4, -0.2) is 14.2 Å². The second-order valence-corrected chi connectivity index (χ2v) is 4.89. The first-order chi connectivity index (χ1) is 4.68. The molecule has 0 aromatic carbocycles. The standard InChI is InChI=1S/C4H8BrO3PS/c1-6-9(10,7-2)8-4-3-5/h3-4H,1-2H3. The summed E-state index contributed by atoms with van der Waals surface area (Å²) in [6.45, 7) is -2.48. The van der Waals surface area contributed by atoms with E-state index in [0.717, 1.165) is 0 Å². The maximum absolute atomic E-state index is 4.93. The lowest BCUT2D eigenvalue weighted by Crippen LogP contribution is -1.87. The fourth-order valence-corrected chi connectivity index (χ4v) is 1.21. The number of rotatable bonds is 4. The summed E-state index contributed by atoms with van der Waals surface area (Å²) >= 11 is 7.86. The summed E-state index contributed by atoms with van der Waals surface area (Å²) in [6, 6.07) is 0. The van der Waals surface area contributed by atoms with E-state index < -0.39 is 6.72 Å². The number of hydrogen-bond acceptors (Lipinski definition) is 4. The first kappa shape index (κ1) is 10.6. The maximum atomic E-state index is 4.93. The average molecular weight is 247 g/mol. The predicted molar refractivity (Wildman–Crippen MR) is 47.5 cm³/mol. The van der Waals surface area contributed by atoms with E-state index in [2.05, 4.69) is 15.9 Å². The molecule has 0 aromatic rings. The van der Waals surface area contributed by atoms with Crippen LogP contribution in [0.2, 0.25) is 0 Å². The summed E-state index contributed by atoms with van der Waals surface area (Å²) in [4.78, 5) is 1.53. The van der Waals surface area contributed by atoms with Crippen molar-refractivity contribution in [1.29, 1.82) is 0 Å². The molecule has 60 valence electrons. The molecule has 0 aliphatic rings. The highest BCUT2D eigenvalue weighted by atomic mass is 79.9. The molecule has 3 nitrogen and oxygen atoms in total. The van der Waals surface area contributed by atoms with Crippen LogP contribution in [0.5, 0.6) is 0 Å². The van der Waals surface area contributed by atoms with Crippen LogP contribution >= 0.6 is 22.6 Å². The molecule has 0 amide bonds. The van der Waals surface area contributed by atoms with Gasteiger partial charge in [-0.3, -0.25) is 0 Å². The van der Waals surface area contributed by atoms with Gasteiger partial charge in [-0.1, -0.05) is 15.9 Å². The van der Waals surface area contributed by atoms with Crippen LogP contribution in [0.4, 0.5) is 0 Å². The maximum Gasteiger partial charge on any atom is 0.379 e. The zero-order valence-corrected chi connectivity index (χ0v) is 8.91. The van der Waals surface area contributed by atoms with Gasteiger partial charge < -0.3 is 13.6 Å². The van der Waals surface area contributed by atoms with Crippen LogP contribution in [0, 0.1) is 0 Å². The number of halogens is 1. The van der Waals surface area contributed by atoms with Crippen LogP contribution in [-0.2, 0) is 25.4 Å². The Morgan fingerprint density at radius 1 is 1.40 bits per heavy atom. The monoisotopic (exact) mass is 246 g/mol. The van der Waals surface area contributed by atoms with E-state index in [-0.39, 0.29) is 0 Å². The molecule has 0 aliphatic carbocycles. The van der Waals surface area contributed by atoms with E-state index in [0.29, 0.717) is 0 Å². The van der Waals surface area contributed by atoms with E-state index in [9.17, 15) is 0 Å². The normalized spacial score (nSPS) is 12.3.